The van der Waals surface area contributed by atoms with Gasteiger partial charge in [-0.1, -0.05) is 12.1 Å². The molecule has 0 unspecified atom stereocenters. The molecule has 0 bridgehead atoms. The van der Waals surface area contributed by atoms with Gasteiger partial charge in [-0.3, -0.25) is 14.9 Å². The molecule has 1 N–H and O–H groups in total. The van der Waals surface area contributed by atoms with Crippen molar-refractivity contribution in [3.8, 4) is 0 Å². The van der Waals surface area contributed by atoms with Gasteiger partial charge in [0.2, 0.25) is 5.91 Å². The molecule has 1 heterocycles. The average Bonchev–Trinajstić information content (AvgIpc) is 2.92. The van der Waals surface area contributed by atoms with Crippen LogP contribution in [0.15, 0.2) is 41.8 Å². The van der Waals surface area contributed by atoms with E-state index in [-0.39, 0.29) is 11.6 Å². The third-order valence-electron chi connectivity index (χ3n) is 2.40. The van der Waals surface area contributed by atoms with Gasteiger partial charge in [0.1, 0.15) is 0 Å². The van der Waals surface area contributed by atoms with Gasteiger partial charge < -0.3 is 5.32 Å². The Morgan fingerprint density at radius 3 is 2.90 bits per heavy atom. The Morgan fingerprint density at radius 1 is 1.35 bits per heavy atom. The summed E-state index contributed by atoms with van der Waals surface area (Å²) >= 11 is 3.17. The van der Waals surface area contributed by atoms with Gasteiger partial charge in [0, 0.05) is 28.5 Å². The summed E-state index contributed by atoms with van der Waals surface area (Å²) in [4.78, 5) is 23.1. The Hall–Kier alpha value is -1.86. The van der Waals surface area contributed by atoms with Crippen LogP contribution in [0.1, 0.15) is 4.88 Å². The van der Waals surface area contributed by atoms with Gasteiger partial charge in [0.25, 0.3) is 5.69 Å². The number of carbonyl (C=O) groups is 1. The lowest BCUT2D eigenvalue weighted by atomic mass is 10.3. The standard InChI is InChI=1S/C13H12N2O3S2/c16-13(9-19-8-12-5-2-6-20-12)14-10-3-1-4-11(7-10)15(17)18/h1-7H,8-9H2,(H,14,16). The van der Waals surface area contributed by atoms with Crippen LogP contribution in [-0.4, -0.2) is 16.6 Å². The van der Waals surface area contributed by atoms with Gasteiger partial charge >= 0.3 is 0 Å². The summed E-state index contributed by atoms with van der Waals surface area (Å²) in [6, 6.07) is 9.92. The minimum absolute atomic E-state index is 0.0333. The molecule has 0 aliphatic rings. The van der Waals surface area contributed by atoms with Gasteiger partial charge in [-0.25, -0.2) is 0 Å². The van der Waals surface area contributed by atoms with E-state index in [1.165, 1.54) is 28.8 Å². The van der Waals surface area contributed by atoms with Crippen molar-refractivity contribution in [3.63, 3.8) is 0 Å². The Bertz CT molecular complexity index is 599. The van der Waals surface area contributed by atoms with Crippen molar-refractivity contribution in [3.05, 3.63) is 56.8 Å². The second-order valence-electron chi connectivity index (χ2n) is 3.93. The number of nitro benzene ring substituents is 1. The first-order chi connectivity index (χ1) is 9.65. The predicted molar refractivity (Wildman–Crippen MR) is 82.2 cm³/mol. The number of non-ortho nitro benzene ring substituents is 1. The number of thiophene rings is 1. The highest BCUT2D eigenvalue weighted by molar-refractivity contribution is 7.99. The van der Waals surface area contributed by atoms with Gasteiger partial charge in [0.15, 0.2) is 0 Å². The molecule has 5 nitrogen and oxygen atoms in total. The molecule has 0 fully saturated rings. The molecule has 20 heavy (non-hydrogen) atoms. The molecule has 0 atom stereocenters. The first kappa shape index (κ1) is 14.5. The van der Waals surface area contributed by atoms with Crippen molar-refractivity contribution in [1.82, 2.24) is 0 Å². The maximum absolute atomic E-state index is 11.7. The van der Waals surface area contributed by atoms with Gasteiger partial charge in [-0.15, -0.1) is 23.1 Å². The SMILES string of the molecule is O=C(CSCc1cccs1)Nc1cccc([N+](=O)[O-])c1. The predicted octanol–water partition coefficient (Wildman–Crippen LogP) is 3.53. The van der Waals surface area contributed by atoms with E-state index in [9.17, 15) is 14.9 Å². The van der Waals surface area contributed by atoms with Crippen molar-refractivity contribution in [2.75, 3.05) is 11.1 Å². The molecule has 1 amide bonds. The number of nitrogens with one attached hydrogen (secondary N) is 1. The summed E-state index contributed by atoms with van der Waals surface area (Å²) in [5.41, 5.74) is 0.412. The van der Waals surface area contributed by atoms with E-state index in [0.29, 0.717) is 11.4 Å². The second-order valence-corrected chi connectivity index (χ2v) is 5.95. The first-order valence-electron chi connectivity index (χ1n) is 5.79. The number of rotatable bonds is 6. The quantitative estimate of drug-likeness (QED) is 0.654. The van der Waals surface area contributed by atoms with Crippen molar-refractivity contribution in [2.45, 2.75) is 5.75 Å². The van der Waals surface area contributed by atoms with Crippen LogP contribution in [0.2, 0.25) is 0 Å². The van der Waals surface area contributed by atoms with Crippen LogP contribution in [-0.2, 0) is 10.5 Å². The number of carbonyl (C=O) groups excluding carboxylic acids is 1. The fourth-order valence-electron chi connectivity index (χ4n) is 1.53. The molecule has 0 aliphatic heterocycles. The minimum Gasteiger partial charge on any atom is -0.325 e. The number of hydrogen-bond donors (Lipinski definition) is 1. The highest BCUT2D eigenvalue weighted by atomic mass is 32.2. The Labute approximate surface area is 124 Å². The van der Waals surface area contributed by atoms with Crippen molar-refractivity contribution < 1.29 is 9.72 Å². The molecular formula is C13H12N2O3S2. The zero-order valence-corrected chi connectivity index (χ0v) is 12.1. The normalized spacial score (nSPS) is 10.2. The van der Waals surface area contributed by atoms with Gasteiger partial charge in [-0.05, 0) is 17.5 Å². The van der Waals surface area contributed by atoms with Crippen LogP contribution >= 0.6 is 23.1 Å². The van der Waals surface area contributed by atoms with Crippen LogP contribution in [0.5, 0.6) is 0 Å². The van der Waals surface area contributed by atoms with Crippen LogP contribution < -0.4 is 5.32 Å². The van der Waals surface area contributed by atoms with E-state index in [1.807, 2.05) is 17.5 Å². The molecular weight excluding hydrogens is 296 g/mol. The maximum atomic E-state index is 11.7. The Morgan fingerprint density at radius 2 is 2.20 bits per heavy atom. The van der Waals surface area contributed by atoms with Crippen LogP contribution in [0.4, 0.5) is 11.4 Å². The molecule has 0 saturated carbocycles. The number of nitro groups is 1. The summed E-state index contributed by atoms with van der Waals surface area (Å²) in [7, 11) is 0. The molecule has 0 spiro atoms. The highest BCUT2D eigenvalue weighted by Crippen LogP contribution is 2.19. The lowest BCUT2D eigenvalue weighted by Gasteiger charge is -2.04. The van der Waals surface area contributed by atoms with Crippen molar-refractivity contribution in [1.29, 1.82) is 0 Å². The number of benzene rings is 1. The summed E-state index contributed by atoms with van der Waals surface area (Å²) < 4.78 is 0. The fraction of sp³-hybridized carbons (Fsp3) is 0.154. The number of anilines is 1. The zero-order chi connectivity index (χ0) is 14.4. The smallest absolute Gasteiger partial charge is 0.271 e. The van der Waals surface area contributed by atoms with Crippen LogP contribution in [0.25, 0.3) is 0 Å². The molecule has 0 radical (unpaired) electrons. The fourth-order valence-corrected chi connectivity index (χ4v) is 3.20. The summed E-state index contributed by atoms with van der Waals surface area (Å²) in [6.07, 6.45) is 0. The molecule has 2 rings (SSSR count). The van der Waals surface area contributed by atoms with E-state index in [0.717, 1.165) is 5.75 Å². The molecule has 7 heteroatoms. The first-order valence-corrected chi connectivity index (χ1v) is 7.83. The summed E-state index contributed by atoms with van der Waals surface area (Å²) in [5, 5.41) is 15.3. The van der Waals surface area contributed by atoms with Crippen molar-refractivity contribution in [2.24, 2.45) is 0 Å². The van der Waals surface area contributed by atoms with E-state index in [1.54, 1.807) is 23.5 Å². The zero-order valence-electron chi connectivity index (χ0n) is 10.4. The Balaban J connectivity index is 1.82. The van der Waals surface area contributed by atoms with Crippen molar-refractivity contribution >= 4 is 40.4 Å². The maximum Gasteiger partial charge on any atom is 0.271 e. The van der Waals surface area contributed by atoms with E-state index in [2.05, 4.69) is 5.32 Å². The highest BCUT2D eigenvalue weighted by Gasteiger charge is 2.08. The van der Waals surface area contributed by atoms with Gasteiger partial charge in [-0.2, -0.15) is 0 Å². The van der Waals surface area contributed by atoms with E-state index in [4.69, 9.17) is 0 Å². The molecule has 2 aromatic rings. The summed E-state index contributed by atoms with van der Waals surface area (Å²) in [5.74, 6) is 0.952. The summed E-state index contributed by atoms with van der Waals surface area (Å²) in [6.45, 7) is 0. The molecule has 0 aliphatic carbocycles. The molecule has 1 aromatic heterocycles. The van der Waals surface area contributed by atoms with Crippen LogP contribution in [0.3, 0.4) is 0 Å². The number of thioether (sulfide) groups is 1. The second kappa shape index (κ2) is 7.06. The lowest BCUT2D eigenvalue weighted by molar-refractivity contribution is -0.384. The molecule has 104 valence electrons. The third-order valence-corrected chi connectivity index (χ3v) is 4.44. The molecule has 0 saturated heterocycles. The van der Waals surface area contributed by atoms with Gasteiger partial charge in [0.05, 0.1) is 10.7 Å². The molecule has 1 aromatic carbocycles. The van der Waals surface area contributed by atoms with E-state index < -0.39 is 4.92 Å². The monoisotopic (exact) mass is 308 g/mol. The number of hydrogen-bond acceptors (Lipinski definition) is 5. The average molecular weight is 308 g/mol. The third kappa shape index (κ3) is 4.36. The number of amides is 1. The Kier molecular flexibility index (Phi) is 5.14. The number of nitrogens with zero attached hydrogens (tertiary/aromatic N) is 1. The van der Waals surface area contributed by atoms with E-state index >= 15 is 0 Å². The largest absolute Gasteiger partial charge is 0.325 e. The topological polar surface area (TPSA) is 72.2 Å². The van der Waals surface area contributed by atoms with Crippen LogP contribution in [0, 0.1) is 10.1 Å². The minimum atomic E-state index is -0.485. The lowest BCUT2D eigenvalue weighted by Crippen LogP contribution is -2.14.